The second-order valence-corrected chi connectivity index (χ2v) is 10.2. The van der Waals surface area contributed by atoms with Crippen LogP contribution in [0.15, 0.2) is 46.9 Å². The molecule has 1 fully saturated rings. The highest BCUT2D eigenvalue weighted by molar-refractivity contribution is 7.89. The molecule has 0 bridgehead atoms. The maximum absolute atomic E-state index is 14.4. The Morgan fingerprint density at radius 3 is 2.17 bits per heavy atom. The Morgan fingerprint density at radius 2 is 1.64 bits per heavy atom. The van der Waals surface area contributed by atoms with Gasteiger partial charge in [0.2, 0.25) is 10.0 Å². The number of sulfonamides is 1. The SMILES string of the molecule is C/C(=C\c1cc(F)c(Oc2ccc(S(=O)(=O)NCCN3CCN(CCN)CC3)cc2)c(F)c1)C(=O)O. The van der Waals surface area contributed by atoms with Gasteiger partial charge in [0.1, 0.15) is 5.75 Å². The zero-order valence-corrected chi connectivity index (χ0v) is 20.7. The summed E-state index contributed by atoms with van der Waals surface area (Å²) >= 11 is 0. The van der Waals surface area contributed by atoms with E-state index >= 15 is 0 Å². The number of carboxylic acid groups (broad SMARTS) is 1. The molecule has 1 saturated heterocycles. The van der Waals surface area contributed by atoms with Crippen LogP contribution in [0.5, 0.6) is 11.5 Å². The van der Waals surface area contributed by atoms with E-state index in [2.05, 4.69) is 14.5 Å². The lowest BCUT2D eigenvalue weighted by atomic mass is 10.1. The molecule has 0 saturated carbocycles. The first-order chi connectivity index (χ1) is 17.1. The molecular weight excluding hydrogens is 494 g/mol. The van der Waals surface area contributed by atoms with Crippen molar-refractivity contribution in [1.82, 2.24) is 14.5 Å². The summed E-state index contributed by atoms with van der Waals surface area (Å²) in [5, 5.41) is 8.91. The highest BCUT2D eigenvalue weighted by atomic mass is 32.2. The highest BCUT2D eigenvalue weighted by Gasteiger charge is 2.19. The van der Waals surface area contributed by atoms with Crippen LogP contribution in [-0.2, 0) is 14.8 Å². The van der Waals surface area contributed by atoms with Crippen LogP contribution in [0.25, 0.3) is 6.08 Å². The van der Waals surface area contributed by atoms with E-state index in [1.807, 2.05) is 0 Å². The molecule has 2 aromatic rings. The Hall–Kier alpha value is -2.90. The van der Waals surface area contributed by atoms with Crippen molar-refractivity contribution in [3.05, 3.63) is 59.2 Å². The van der Waals surface area contributed by atoms with Gasteiger partial charge < -0.3 is 15.6 Å². The molecule has 0 unspecified atom stereocenters. The predicted molar refractivity (Wildman–Crippen MR) is 131 cm³/mol. The van der Waals surface area contributed by atoms with Crippen LogP contribution in [0.3, 0.4) is 0 Å². The Kier molecular flexibility index (Phi) is 9.51. The Bertz CT molecular complexity index is 1170. The minimum absolute atomic E-state index is 0.00631. The molecule has 2 aromatic carbocycles. The zero-order chi connectivity index (χ0) is 26.3. The molecule has 0 radical (unpaired) electrons. The number of hydrogen-bond donors (Lipinski definition) is 3. The van der Waals surface area contributed by atoms with E-state index in [1.165, 1.54) is 31.2 Å². The van der Waals surface area contributed by atoms with Gasteiger partial charge in [-0.1, -0.05) is 0 Å². The van der Waals surface area contributed by atoms with Crippen molar-refractivity contribution in [2.45, 2.75) is 11.8 Å². The van der Waals surface area contributed by atoms with Gasteiger partial charge in [0.25, 0.3) is 0 Å². The van der Waals surface area contributed by atoms with Crippen LogP contribution >= 0.6 is 0 Å². The van der Waals surface area contributed by atoms with Crippen molar-refractivity contribution in [2.24, 2.45) is 5.73 Å². The van der Waals surface area contributed by atoms with Crippen molar-refractivity contribution in [2.75, 3.05) is 52.4 Å². The standard InChI is InChI=1S/C24H30F2N4O5S/c1-17(24(31)32)14-18-15-21(25)23(22(26)16-18)35-19-2-4-20(5-3-19)36(33,34)28-7-9-30-12-10-29(8-6-27)11-13-30/h2-5,14-16,28H,6-13,27H2,1H3,(H,31,32)/b17-14+. The number of ether oxygens (including phenoxy) is 1. The number of halogens is 2. The number of nitrogens with one attached hydrogen (secondary N) is 1. The Balaban J connectivity index is 1.58. The number of nitrogens with zero attached hydrogens (tertiary/aromatic N) is 2. The summed E-state index contributed by atoms with van der Waals surface area (Å²) in [7, 11) is -3.77. The maximum atomic E-state index is 14.4. The van der Waals surface area contributed by atoms with Crippen molar-refractivity contribution >= 4 is 22.1 Å². The quantitative estimate of drug-likeness (QED) is 0.382. The molecular formula is C24H30F2N4O5S. The summed E-state index contributed by atoms with van der Waals surface area (Å²) in [4.78, 5) is 15.4. The smallest absolute Gasteiger partial charge is 0.331 e. The average Bonchev–Trinajstić information content (AvgIpc) is 2.83. The largest absolute Gasteiger partial charge is 0.478 e. The van der Waals surface area contributed by atoms with E-state index in [1.54, 1.807) is 0 Å². The van der Waals surface area contributed by atoms with Crippen LogP contribution in [0.1, 0.15) is 12.5 Å². The summed E-state index contributed by atoms with van der Waals surface area (Å²) in [6.07, 6.45) is 1.13. The lowest BCUT2D eigenvalue weighted by Crippen LogP contribution is -2.49. The summed E-state index contributed by atoms with van der Waals surface area (Å²) in [6, 6.07) is 7.06. The van der Waals surface area contributed by atoms with Gasteiger partial charge in [0.15, 0.2) is 17.4 Å². The van der Waals surface area contributed by atoms with Gasteiger partial charge in [0.05, 0.1) is 4.90 Å². The third-order valence-corrected chi connectivity index (χ3v) is 7.20. The number of carbonyl (C=O) groups is 1. The molecule has 0 spiro atoms. The fourth-order valence-electron chi connectivity index (χ4n) is 3.72. The van der Waals surface area contributed by atoms with Crippen molar-refractivity contribution in [3.8, 4) is 11.5 Å². The molecule has 36 heavy (non-hydrogen) atoms. The van der Waals surface area contributed by atoms with E-state index in [0.717, 1.165) is 50.9 Å². The minimum atomic E-state index is -3.77. The Morgan fingerprint density at radius 1 is 1.08 bits per heavy atom. The summed E-state index contributed by atoms with van der Waals surface area (Å²) in [5.74, 6) is -3.90. The molecule has 0 amide bonds. The topological polar surface area (TPSA) is 125 Å². The van der Waals surface area contributed by atoms with E-state index in [4.69, 9.17) is 15.6 Å². The third-order valence-electron chi connectivity index (χ3n) is 5.73. The third kappa shape index (κ3) is 7.55. The number of piperazine rings is 1. The van der Waals surface area contributed by atoms with Crippen molar-refractivity contribution in [1.29, 1.82) is 0 Å². The fraction of sp³-hybridized carbons (Fsp3) is 0.375. The van der Waals surface area contributed by atoms with Crippen molar-refractivity contribution in [3.63, 3.8) is 0 Å². The predicted octanol–water partition coefficient (Wildman–Crippen LogP) is 2.10. The van der Waals surface area contributed by atoms with E-state index in [9.17, 15) is 22.0 Å². The lowest BCUT2D eigenvalue weighted by molar-refractivity contribution is -0.132. The van der Waals surface area contributed by atoms with Gasteiger partial charge in [-0.2, -0.15) is 0 Å². The molecule has 3 rings (SSSR count). The van der Waals surface area contributed by atoms with Crippen LogP contribution < -0.4 is 15.2 Å². The zero-order valence-electron chi connectivity index (χ0n) is 19.9. The second-order valence-electron chi connectivity index (χ2n) is 8.39. The van der Waals surface area contributed by atoms with Gasteiger partial charge >= 0.3 is 5.97 Å². The average molecular weight is 525 g/mol. The first-order valence-electron chi connectivity index (χ1n) is 11.4. The van der Waals surface area contributed by atoms with Crippen LogP contribution in [0, 0.1) is 11.6 Å². The van der Waals surface area contributed by atoms with Gasteiger partial charge in [-0.05, 0) is 55.0 Å². The number of benzene rings is 2. The number of nitrogens with two attached hydrogens (primary N) is 1. The fourth-order valence-corrected chi connectivity index (χ4v) is 4.74. The van der Waals surface area contributed by atoms with Gasteiger partial charge in [-0.15, -0.1) is 0 Å². The van der Waals surface area contributed by atoms with Crippen LogP contribution in [0.2, 0.25) is 0 Å². The molecule has 196 valence electrons. The summed E-state index contributed by atoms with van der Waals surface area (Å²) in [5.41, 5.74) is 5.52. The first-order valence-corrected chi connectivity index (χ1v) is 12.9. The molecule has 12 heteroatoms. The van der Waals surface area contributed by atoms with Crippen molar-refractivity contribution < 1.29 is 31.8 Å². The molecule has 0 atom stereocenters. The van der Waals surface area contributed by atoms with Gasteiger partial charge in [0, 0.05) is 57.9 Å². The van der Waals surface area contributed by atoms with Gasteiger partial charge in [-0.3, -0.25) is 9.80 Å². The van der Waals surface area contributed by atoms with Crippen LogP contribution in [0.4, 0.5) is 8.78 Å². The summed E-state index contributed by atoms with van der Waals surface area (Å²) in [6.45, 7) is 7.08. The second kappa shape index (κ2) is 12.4. The normalized spacial score (nSPS) is 15.7. The molecule has 9 nitrogen and oxygen atoms in total. The monoisotopic (exact) mass is 524 g/mol. The molecule has 0 aromatic heterocycles. The minimum Gasteiger partial charge on any atom is -0.478 e. The molecule has 1 aliphatic heterocycles. The number of rotatable bonds is 11. The van der Waals surface area contributed by atoms with Crippen LogP contribution in [-0.4, -0.2) is 81.7 Å². The summed E-state index contributed by atoms with van der Waals surface area (Å²) < 4.78 is 61.9. The number of aliphatic carboxylic acids is 1. The van der Waals surface area contributed by atoms with E-state index in [0.29, 0.717) is 13.1 Å². The van der Waals surface area contributed by atoms with Gasteiger partial charge in [-0.25, -0.2) is 26.7 Å². The first kappa shape index (κ1) is 27.7. The molecule has 1 aliphatic rings. The Labute approximate surface area is 209 Å². The molecule has 1 heterocycles. The highest BCUT2D eigenvalue weighted by Crippen LogP contribution is 2.30. The molecule has 4 N–H and O–H groups in total. The van der Waals surface area contributed by atoms with E-state index < -0.39 is 33.4 Å². The maximum Gasteiger partial charge on any atom is 0.331 e. The number of carboxylic acids is 1. The van der Waals surface area contributed by atoms with E-state index in [-0.39, 0.29) is 28.3 Å². The lowest BCUT2D eigenvalue weighted by Gasteiger charge is -2.34. The molecule has 0 aliphatic carbocycles. The number of hydrogen-bond acceptors (Lipinski definition) is 7.